The molecule has 0 unspecified atom stereocenters. The Bertz CT molecular complexity index is 605. The number of carbonyl (C=O) groups excluding carboxylic acids is 1. The van der Waals surface area contributed by atoms with Crippen LogP contribution in [0.4, 0.5) is 0 Å². The van der Waals surface area contributed by atoms with Crippen molar-refractivity contribution in [1.82, 2.24) is 0 Å². The Balaban J connectivity index is 2.18. The lowest BCUT2D eigenvalue weighted by molar-refractivity contribution is -0.117. The molecular weight excluding hydrogens is 316 g/mol. The molecule has 25 heavy (non-hydrogen) atoms. The van der Waals surface area contributed by atoms with E-state index in [9.17, 15) is 20.1 Å². The van der Waals surface area contributed by atoms with Gasteiger partial charge in [0.15, 0.2) is 5.78 Å². The Morgan fingerprint density at radius 1 is 1.44 bits per heavy atom. The average Bonchev–Trinajstić information content (AvgIpc) is 2.82. The van der Waals surface area contributed by atoms with Gasteiger partial charge in [-0.05, 0) is 58.8 Å². The van der Waals surface area contributed by atoms with E-state index in [0.29, 0.717) is 24.3 Å². The standard InChI is InChI=1S/C21H32O4/c1-13(2)6-5-7-14(3)15-10-11-21(4,25)17(15)12-16-18(22)8-9-19(23)20(16)24/h6,10,14,17,19,23-25H,5,7-9,11-12H2,1-4H3/t14-,17-,19+,21-/m0/s1. The van der Waals surface area contributed by atoms with Crippen LogP contribution in [0.1, 0.15) is 66.2 Å². The summed E-state index contributed by atoms with van der Waals surface area (Å²) in [5.74, 6) is -0.195. The minimum atomic E-state index is -0.957. The van der Waals surface area contributed by atoms with Gasteiger partial charge in [0.2, 0.25) is 0 Å². The lowest BCUT2D eigenvalue weighted by atomic mass is 9.76. The first-order chi connectivity index (χ1) is 11.6. The van der Waals surface area contributed by atoms with Crippen LogP contribution >= 0.6 is 0 Å². The van der Waals surface area contributed by atoms with Gasteiger partial charge in [-0.2, -0.15) is 0 Å². The van der Waals surface area contributed by atoms with Crippen LogP contribution in [0, 0.1) is 11.8 Å². The highest BCUT2D eigenvalue weighted by atomic mass is 16.3. The van der Waals surface area contributed by atoms with Crippen LogP contribution < -0.4 is 0 Å². The van der Waals surface area contributed by atoms with E-state index in [-0.39, 0.29) is 30.3 Å². The molecule has 0 aromatic heterocycles. The molecule has 0 fully saturated rings. The Kier molecular flexibility index (Phi) is 6.28. The summed E-state index contributed by atoms with van der Waals surface area (Å²) >= 11 is 0. The van der Waals surface area contributed by atoms with Crippen molar-refractivity contribution in [1.29, 1.82) is 0 Å². The maximum atomic E-state index is 12.2. The predicted molar refractivity (Wildman–Crippen MR) is 99.2 cm³/mol. The fourth-order valence-electron chi connectivity index (χ4n) is 3.96. The van der Waals surface area contributed by atoms with Crippen LogP contribution in [-0.4, -0.2) is 32.8 Å². The van der Waals surface area contributed by atoms with Crippen molar-refractivity contribution in [3.63, 3.8) is 0 Å². The first kappa shape index (κ1) is 19.9. The molecule has 0 spiro atoms. The minimum Gasteiger partial charge on any atom is -0.509 e. The van der Waals surface area contributed by atoms with Gasteiger partial charge in [-0.3, -0.25) is 4.79 Å². The lowest BCUT2D eigenvalue weighted by Crippen LogP contribution is -2.35. The number of aliphatic hydroxyl groups is 3. The number of ketones is 1. The molecule has 0 heterocycles. The van der Waals surface area contributed by atoms with Gasteiger partial charge in [-0.15, -0.1) is 0 Å². The monoisotopic (exact) mass is 348 g/mol. The highest BCUT2D eigenvalue weighted by Gasteiger charge is 2.42. The molecule has 0 aromatic carbocycles. The SMILES string of the molecule is CC(C)=CCC[C@H](C)C1=CC[C@](C)(O)[C@H]1CC1=C(O)[C@H](O)CCC1=O. The molecule has 2 aliphatic carbocycles. The highest BCUT2D eigenvalue weighted by Crippen LogP contribution is 2.44. The Labute approximate surface area is 151 Å². The molecule has 140 valence electrons. The molecule has 0 amide bonds. The van der Waals surface area contributed by atoms with Gasteiger partial charge in [0.05, 0.1) is 5.60 Å². The fraction of sp³-hybridized carbons (Fsp3) is 0.667. The molecule has 0 saturated carbocycles. The zero-order valence-corrected chi connectivity index (χ0v) is 15.9. The second-order valence-electron chi connectivity index (χ2n) is 8.12. The van der Waals surface area contributed by atoms with Gasteiger partial charge in [0.1, 0.15) is 11.9 Å². The second-order valence-corrected chi connectivity index (χ2v) is 8.12. The van der Waals surface area contributed by atoms with E-state index in [2.05, 4.69) is 32.9 Å². The van der Waals surface area contributed by atoms with Crippen molar-refractivity contribution in [3.8, 4) is 0 Å². The highest BCUT2D eigenvalue weighted by molar-refractivity contribution is 5.96. The van der Waals surface area contributed by atoms with Crippen LogP contribution in [0.25, 0.3) is 0 Å². The zero-order valence-electron chi connectivity index (χ0n) is 15.9. The van der Waals surface area contributed by atoms with Crippen molar-refractivity contribution < 1.29 is 20.1 Å². The quantitative estimate of drug-likeness (QED) is 0.634. The molecule has 0 aromatic rings. The summed E-state index contributed by atoms with van der Waals surface area (Å²) in [6, 6.07) is 0. The van der Waals surface area contributed by atoms with Gasteiger partial charge in [-0.1, -0.05) is 30.2 Å². The first-order valence-corrected chi connectivity index (χ1v) is 9.32. The number of aliphatic hydroxyl groups excluding tert-OH is 2. The van der Waals surface area contributed by atoms with Crippen LogP contribution in [0.2, 0.25) is 0 Å². The van der Waals surface area contributed by atoms with Gasteiger partial charge >= 0.3 is 0 Å². The van der Waals surface area contributed by atoms with Gasteiger partial charge in [-0.25, -0.2) is 0 Å². The molecule has 2 aliphatic rings. The molecule has 0 bridgehead atoms. The number of hydrogen-bond donors (Lipinski definition) is 3. The summed E-state index contributed by atoms with van der Waals surface area (Å²) in [4.78, 5) is 12.2. The summed E-state index contributed by atoms with van der Waals surface area (Å²) in [5.41, 5.74) is 1.84. The van der Waals surface area contributed by atoms with Crippen LogP contribution in [0.3, 0.4) is 0 Å². The fourth-order valence-corrected chi connectivity index (χ4v) is 3.96. The maximum Gasteiger partial charge on any atom is 0.162 e. The number of rotatable bonds is 6. The first-order valence-electron chi connectivity index (χ1n) is 9.32. The van der Waals surface area contributed by atoms with E-state index < -0.39 is 11.7 Å². The third-order valence-corrected chi connectivity index (χ3v) is 5.64. The molecule has 0 aliphatic heterocycles. The average molecular weight is 348 g/mol. The van der Waals surface area contributed by atoms with Crippen molar-refractivity contribution in [2.75, 3.05) is 0 Å². The van der Waals surface area contributed by atoms with Crippen molar-refractivity contribution in [2.45, 2.75) is 77.9 Å². The predicted octanol–water partition coefficient (Wildman–Crippen LogP) is 3.99. The Hall–Kier alpha value is -1.39. The van der Waals surface area contributed by atoms with Crippen molar-refractivity contribution in [2.24, 2.45) is 11.8 Å². The summed E-state index contributed by atoms with van der Waals surface area (Å²) < 4.78 is 0. The lowest BCUT2D eigenvalue weighted by Gasteiger charge is -2.32. The number of hydrogen-bond acceptors (Lipinski definition) is 4. The summed E-state index contributed by atoms with van der Waals surface area (Å²) in [5, 5.41) is 30.8. The van der Waals surface area contributed by atoms with E-state index >= 15 is 0 Å². The normalized spacial score (nSPS) is 31.1. The van der Waals surface area contributed by atoms with E-state index in [4.69, 9.17) is 0 Å². The second kappa shape index (κ2) is 7.88. The van der Waals surface area contributed by atoms with Gasteiger partial charge in [0, 0.05) is 17.9 Å². The van der Waals surface area contributed by atoms with Crippen molar-refractivity contribution >= 4 is 5.78 Å². The smallest absolute Gasteiger partial charge is 0.162 e. The zero-order chi connectivity index (χ0) is 18.8. The molecule has 4 atom stereocenters. The largest absolute Gasteiger partial charge is 0.509 e. The van der Waals surface area contributed by atoms with E-state index in [1.165, 1.54) is 11.1 Å². The van der Waals surface area contributed by atoms with Crippen molar-refractivity contribution in [3.05, 3.63) is 34.6 Å². The molecular formula is C21H32O4. The van der Waals surface area contributed by atoms with E-state index in [1.54, 1.807) is 6.92 Å². The van der Waals surface area contributed by atoms with Gasteiger partial charge < -0.3 is 15.3 Å². The number of Topliss-reactive ketones (excluding diaryl/α,β-unsaturated/α-hetero) is 1. The van der Waals surface area contributed by atoms with Crippen LogP contribution in [-0.2, 0) is 4.79 Å². The number of allylic oxidation sites excluding steroid dienone is 3. The summed E-state index contributed by atoms with van der Waals surface area (Å²) in [7, 11) is 0. The minimum absolute atomic E-state index is 0.109. The van der Waals surface area contributed by atoms with Crippen LogP contribution in [0.5, 0.6) is 0 Å². The Morgan fingerprint density at radius 2 is 2.12 bits per heavy atom. The Morgan fingerprint density at radius 3 is 2.76 bits per heavy atom. The molecule has 0 radical (unpaired) electrons. The molecule has 4 heteroatoms. The molecule has 0 saturated heterocycles. The maximum absolute atomic E-state index is 12.2. The molecule has 2 rings (SSSR count). The topological polar surface area (TPSA) is 77.8 Å². The van der Waals surface area contributed by atoms with Gasteiger partial charge in [0.25, 0.3) is 0 Å². The summed E-state index contributed by atoms with van der Waals surface area (Å²) in [6.45, 7) is 8.13. The summed E-state index contributed by atoms with van der Waals surface area (Å²) in [6.07, 6.45) is 6.72. The molecule has 3 N–H and O–H groups in total. The van der Waals surface area contributed by atoms with E-state index in [0.717, 1.165) is 12.8 Å². The van der Waals surface area contributed by atoms with E-state index in [1.807, 2.05) is 0 Å². The third-order valence-electron chi connectivity index (χ3n) is 5.64. The number of carbonyl (C=O) groups is 1. The molecule has 4 nitrogen and oxygen atoms in total. The third kappa shape index (κ3) is 4.62. The van der Waals surface area contributed by atoms with Crippen LogP contribution in [0.15, 0.2) is 34.6 Å².